The maximum atomic E-state index is 12.0. The average Bonchev–Trinajstić information content (AvgIpc) is 2.27. The molecule has 2 unspecified atom stereocenters. The van der Waals surface area contributed by atoms with Gasteiger partial charge in [0.25, 0.3) is 0 Å². The number of hydrogen-bond donors (Lipinski definition) is 2. The van der Waals surface area contributed by atoms with E-state index in [0.717, 1.165) is 5.69 Å². The molecule has 0 heterocycles. The van der Waals surface area contributed by atoms with Gasteiger partial charge >= 0.3 is 0 Å². The molecule has 1 aromatic carbocycles. The van der Waals surface area contributed by atoms with Gasteiger partial charge in [-0.05, 0) is 19.1 Å². The second kappa shape index (κ2) is 9.29. The van der Waals surface area contributed by atoms with Crippen LogP contribution in [0.4, 0.5) is 11.4 Å². The minimum atomic E-state index is -0.251. The fraction of sp³-hybridized carbons (Fsp3) is 0.462. The van der Waals surface area contributed by atoms with E-state index in [0.29, 0.717) is 10.7 Å². The summed E-state index contributed by atoms with van der Waals surface area (Å²) in [5.41, 5.74) is 7.22. The quantitative estimate of drug-likeness (QED) is 0.883. The first kappa shape index (κ1) is 21.6. The van der Waals surface area contributed by atoms with Gasteiger partial charge < -0.3 is 16.0 Å². The maximum absolute atomic E-state index is 12.0. The summed E-state index contributed by atoms with van der Waals surface area (Å²) in [6, 6.07) is 5.24. The van der Waals surface area contributed by atoms with Crippen LogP contribution in [0.3, 0.4) is 0 Å². The Balaban J connectivity index is 0. The molecular formula is C13H22Cl3N3O. The predicted molar refractivity (Wildman–Crippen MR) is 91.7 cm³/mol. The zero-order valence-corrected chi connectivity index (χ0v) is 14.4. The summed E-state index contributed by atoms with van der Waals surface area (Å²) in [5, 5.41) is 3.47. The molecule has 7 heteroatoms. The second-order valence-electron chi connectivity index (χ2n) is 4.67. The van der Waals surface area contributed by atoms with Crippen molar-refractivity contribution >= 4 is 53.7 Å². The monoisotopic (exact) mass is 341 g/mol. The van der Waals surface area contributed by atoms with Gasteiger partial charge in [0, 0.05) is 20.1 Å². The minimum absolute atomic E-state index is 0. The predicted octanol–water partition coefficient (Wildman–Crippen LogP) is 3.17. The molecule has 116 valence electrons. The number of amides is 1. The number of nitrogens with one attached hydrogen (secondary N) is 1. The van der Waals surface area contributed by atoms with Crippen molar-refractivity contribution < 1.29 is 4.79 Å². The minimum Gasteiger partial charge on any atom is -0.375 e. The second-order valence-corrected chi connectivity index (χ2v) is 5.07. The fourth-order valence-electron chi connectivity index (χ4n) is 1.56. The van der Waals surface area contributed by atoms with Crippen LogP contribution < -0.4 is 16.0 Å². The number of anilines is 2. The van der Waals surface area contributed by atoms with Gasteiger partial charge in [0.15, 0.2) is 0 Å². The lowest BCUT2D eigenvalue weighted by atomic mass is 10.0. The number of benzene rings is 1. The van der Waals surface area contributed by atoms with E-state index in [2.05, 4.69) is 5.32 Å². The molecule has 1 rings (SSSR count). The summed E-state index contributed by atoms with van der Waals surface area (Å²) in [5.74, 6) is -0.352. The SMILES string of the molecule is CC(N)C(C)C(=O)Nc1cccc(Cl)c1N(C)C.Cl.Cl. The first-order valence-corrected chi connectivity index (χ1v) is 6.24. The number of nitrogens with two attached hydrogens (primary N) is 1. The van der Waals surface area contributed by atoms with Crippen molar-refractivity contribution in [2.75, 3.05) is 24.3 Å². The lowest BCUT2D eigenvalue weighted by Gasteiger charge is -2.21. The van der Waals surface area contributed by atoms with Crippen LogP contribution in [-0.2, 0) is 4.79 Å². The number of para-hydroxylation sites is 1. The van der Waals surface area contributed by atoms with E-state index < -0.39 is 0 Å². The van der Waals surface area contributed by atoms with Crippen LogP contribution in [0, 0.1) is 5.92 Å². The Labute approximate surface area is 137 Å². The molecule has 0 spiro atoms. The molecule has 0 aliphatic carbocycles. The average molecular weight is 343 g/mol. The van der Waals surface area contributed by atoms with E-state index in [1.165, 1.54) is 0 Å². The lowest BCUT2D eigenvalue weighted by Crippen LogP contribution is -2.34. The van der Waals surface area contributed by atoms with E-state index in [-0.39, 0.29) is 42.7 Å². The highest BCUT2D eigenvalue weighted by atomic mass is 35.5. The topological polar surface area (TPSA) is 58.4 Å². The Morgan fingerprint density at radius 3 is 2.30 bits per heavy atom. The van der Waals surface area contributed by atoms with Gasteiger partial charge in [-0.1, -0.05) is 24.6 Å². The highest BCUT2D eigenvalue weighted by Crippen LogP contribution is 2.32. The molecule has 3 N–H and O–H groups in total. The largest absolute Gasteiger partial charge is 0.375 e. The summed E-state index contributed by atoms with van der Waals surface area (Å²) < 4.78 is 0. The van der Waals surface area contributed by atoms with Crippen molar-refractivity contribution in [1.29, 1.82) is 0 Å². The summed E-state index contributed by atoms with van der Waals surface area (Å²) in [4.78, 5) is 13.9. The van der Waals surface area contributed by atoms with Gasteiger partial charge in [0.05, 0.1) is 22.3 Å². The van der Waals surface area contributed by atoms with E-state index in [1.54, 1.807) is 13.0 Å². The molecule has 2 atom stereocenters. The maximum Gasteiger partial charge on any atom is 0.228 e. The van der Waals surface area contributed by atoms with Crippen molar-refractivity contribution in [2.24, 2.45) is 11.7 Å². The van der Waals surface area contributed by atoms with Gasteiger partial charge in [0.2, 0.25) is 5.91 Å². The smallest absolute Gasteiger partial charge is 0.228 e. The van der Waals surface area contributed by atoms with E-state index in [1.807, 2.05) is 38.1 Å². The van der Waals surface area contributed by atoms with Gasteiger partial charge in [-0.25, -0.2) is 0 Å². The molecule has 0 radical (unpaired) electrons. The lowest BCUT2D eigenvalue weighted by molar-refractivity contribution is -0.119. The number of carbonyl (C=O) groups is 1. The number of halogens is 3. The molecule has 0 aliphatic rings. The third-order valence-electron chi connectivity index (χ3n) is 2.89. The zero-order chi connectivity index (χ0) is 13.9. The van der Waals surface area contributed by atoms with Crippen LogP contribution in [0.2, 0.25) is 5.02 Å². The fourth-order valence-corrected chi connectivity index (χ4v) is 1.90. The third kappa shape index (κ3) is 5.37. The molecule has 1 amide bonds. The van der Waals surface area contributed by atoms with Crippen molar-refractivity contribution in [2.45, 2.75) is 19.9 Å². The molecule has 0 saturated carbocycles. The number of hydrogen-bond acceptors (Lipinski definition) is 3. The van der Waals surface area contributed by atoms with Crippen LogP contribution in [0.25, 0.3) is 0 Å². The molecule has 0 aromatic heterocycles. The van der Waals surface area contributed by atoms with E-state index >= 15 is 0 Å². The first-order chi connectivity index (χ1) is 8.34. The summed E-state index contributed by atoms with van der Waals surface area (Å²) >= 11 is 6.13. The van der Waals surface area contributed by atoms with Gasteiger partial charge in [-0.2, -0.15) is 0 Å². The van der Waals surface area contributed by atoms with Gasteiger partial charge in [-0.3, -0.25) is 4.79 Å². The Morgan fingerprint density at radius 1 is 1.30 bits per heavy atom. The summed E-state index contributed by atoms with van der Waals surface area (Å²) in [6.07, 6.45) is 0. The molecular weight excluding hydrogens is 321 g/mol. The van der Waals surface area contributed by atoms with Crippen LogP contribution in [0.5, 0.6) is 0 Å². The Bertz CT molecular complexity index is 439. The van der Waals surface area contributed by atoms with Crippen molar-refractivity contribution in [3.8, 4) is 0 Å². The Morgan fingerprint density at radius 2 is 1.85 bits per heavy atom. The number of nitrogens with zero attached hydrogens (tertiary/aromatic N) is 1. The normalized spacial score (nSPS) is 12.5. The van der Waals surface area contributed by atoms with Crippen LogP contribution in [-0.4, -0.2) is 26.0 Å². The van der Waals surface area contributed by atoms with Crippen molar-refractivity contribution in [1.82, 2.24) is 0 Å². The van der Waals surface area contributed by atoms with Crippen molar-refractivity contribution in [3.63, 3.8) is 0 Å². The summed E-state index contributed by atoms with van der Waals surface area (Å²) in [6.45, 7) is 3.62. The Kier molecular flexibility index (Phi) is 10.0. The van der Waals surface area contributed by atoms with Crippen LogP contribution in [0.1, 0.15) is 13.8 Å². The molecule has 20 heavy (non-hydrogen) atoms. The van der Waals surface area contributed by atoms with Crippen molar-refractivity contribution in [3.05, 3.63) is 23.2 Å². The number of rotatable bonds is 4. The first-order valence-electron chi connectivity index (χ1n) is 5.87. The molecule has 0 saturated heterocycles. The zero-order valence-electron chi connectivity index (χ0n) is 12.0. The molecule has 0 bridgehead atoms. The molecule has 1 aromatic rings. The summed E-state index contributed by atoms with van der Waals surface area (Å²) in [7, 11) is 3.76. The van der Waals surface area contributed by atoms with E-state index in [9.17, 15) is 4.79 Å². The Hall–Kier alpha value is -0.680. The molecule has 4 nitrogen and oxygen atoms in total. The van der Waals surface area contributed by atoms with Crippen LogP contribution in [0.15, 0.2) is 18.2 Å². The van der Waals surface area contributed by atoms with Gasteiger partial charge in [-0.15, -0.1) is 24.8 Å². The molecule has 0 fully saturated rings. The number of carbonyl (C=O) groups excluding carboxylic acids is 1. The highest BCUT2D eigenvalue weighted by molar-refractivity contribution is 6.34. The standard InChI is InChI=1S/C13H20ClN3O.2ClH/c1-8(9(2)15)13(18)16-11-7-5-6-10(14)12(11)17(3)4;;/h5-9H,15H2,1-4H3,(H,16,18);2*1H. The van der Waals surface area contributed by atoms with E-state index in [4.69, 9.17) is 17.3 Å². The highest BCUT2D eigenvalue weighted by Gasteiger charge is 2.19. The third-order valence-corrected chi connectivity index (χ3v) is 3.20. The molecule has 0 aliphatic heterocycles. The van der Waals surface area contributed by atoms with Gasteiger partial charge in [0.1, 0.15) is 0 Å². The van der Waals surface area contributed by atoms with Crippen LogP contribution >= 0.6 is 36.4 Å².